The second-order valence-electron chi connectivity index (χ2n) is 3.58. The van der Waals surface area contributed by atoms with Gasteiger partial charge in [-0.2, -0.15) is 8.78 Å². The molecule has 3 nitrogen and oxygen atoms in total. The quantitative estimate of drug-likeness (QED) is 0.733. The van der Waals surface area contributed by atoms with Crippen molar-refractivity contribution in [3.05, 3.63) is 12.7 Å². The molecule has 1 fully saturated rings. The van der Waals surface area contributed by atoms with Gasteiger partial charge in [0.15, 0.2) is 0 Å². The van der Waals surface area contributed by atoms with Crippen molar-refractivity contribution in [2.45, 2.75) is 44.4 Å². The van der Waals surface area contributed by atoms with Crippen LogP contribution in [0.25, 0.3) is 0 Å². The lowest BCUT2D eigenvalue weighted by Crippen LogP contribution is -2.38. The first-order chi connectivity index (χ1) is 7.11. The fourth-order valence-electron chi connectivity index (χ4n) is 1.75. The summed E-state index contributed by atoms with van der Waals surface area (Å²) in [5.41, 5.74) is 0. The monoisotopic (exact) mass is 219 g/mol. The van der Waals surface area contributed by atoms with Crippen molar-refractivity contribution < 1.29 is 18.3 Å². The maximum Gasteiger partial charge on any atom is 0.345 e. The van der Waals surface area contributed by atoms with Crippen LogP contribution < -0.4 is 5.32 Å². The van der Waals surface area contributed by atoms with Gasteiger partial charge in [-0.15, -0.1) is 0 Å². The average Bonchev–Trinajstić information content (AvgIpc) is 2.20. The van der Waals surface area contributed by atoms with Crippen LogP contribution in [-0.2, 0) is 9.53 Å². The number of hydrogen-bond donors (Lipinski definition) is 1. The van der Waals surface area contributed by atoms with Crippen LogP contribution in [0, 0.1) is 0 Å². The van der Waals surface area contributed by atoms with Crippen LogP contribution in [0.5, 0.6) is 0 Å². The van der Waals surface area contributed by atoms with E-state index in [4.69, 9.17) is 0 Å². The molecule has 0 aromatic rings. The lowest BCUT2D eigenvalue weighted by Gasteiger charge is -2.28. The van der Waals surface area contributed by atoms with Crippen molar-refractivity contribution in [2.24, 2.45) is 0 Å². The minimum Gasteiger partial charge on any atom is -0.350 e. The van der Waals surface area contributed by atoms with E-state index in [1.54, 1.807) is 0 Å². The van der Waals surface area contributed by atoms with Gasteiger partial charge in [-0.25, -0.2) is 0 Å². The molecule has 0 heterocycles. The van der Waals surface area contributed by atoms with Crippen molar-refractivity contribution in [3.63, 3.8) is 0 Å². The molecule has 1 saturated carbocycles. The Morgan fingerprint density at radius 2 is 2.00 bits per heavy atom. The Morgan fingerprint density at radius 1 is 1.40 bits per heavy atom. The van der Waals surface area contributed by atoms with E-state index in [9.17, 15) is 13.6 Å². The Bertz CT molecular complexity index is 225. The summed E-state index contributed by atoms with van der Waals surface area (Å²) in [7, 11) is 0. The third-order valence-electron chi connectivity index (χ3n) is 2.50. The van der Waals surface area contributed by atoms with Gasteiger partial charge >= 0.3 is 6.61 Å². The number of carbonyl (C=O) groups is 1. The fraction of sp³-hybridized carbons (Fsp3) is 0.700. The highest BCUT2D eigenvalue weighted by Gasteiger charge is 2.24. The Hall–Kier alpha value is -0.970. The number of alkyl halides is 2. The maximum absolute atomic E-state index is 11.9. The molecule has 0 aliphatic heterocycles. The number of hydrogen-bond acceptors (Lipinski definition) is 2. The molecule has 1 aliphatic rings. The number of nitrogens with one attached hydrogen (secondary N) is 1. The highest BCUT2D eigenvalue weighted by atomic mass is 19.3. The lowest BCUT2D eigenvalue weighted by molar-refractivity contribution is -0.170. The van der Waals surface area contributed by atoms with Gasteiger partial charge in [0.05, 0.1) is 6.10 Å². The Labute approximate surface area is 87.5 Å². The highest BCUT2D eigenvalue weighted by molar-refractivity contribution is 5.87. The Kier molecular flexibility index (Phi) is 4.68. The second kappa shape index (κ2) is 5.80. The van der Waals surface area contributed by atoms with Crippen LogP contribution >= 0.6 is 0 Å². The van der Waals surface area contributed by atoms with Crippen molar-refractivity contribution in [2.75, 3.05) is 0 Å². The summed E-state index contributed by atoms with van der Waals surface area (Å²) >= 11 is 0. The molecule has 0 radical (unpaired) electrons. The van der Waals surface area contributed by atoms with Crippen molar-refractivity contribution in [3.8, 4) is 0 Å². The molecular formula is C10H15F2NO2. The van der Waals surface area contributed by atoms with Gasteiger partial charge in [0.2, 0.25) is 5.91 Å². The highest BCUT2D eigenvalue weighted by Crippen LogP contribution is 2.22. The SMILES string of the molecule is C=CC(=O)NC1CCC(OC(F)F)CC1. The number of ether oxygens (including phenoxy) is 1. The van der Waals surface area contributed by atoms with E-state index in [1.807, 2.05) is 0 Å². The predicted octanol–water partition coefficient (Wildman–Crippen LogP) is 1.84. The molecule has 1 aliphatic carbocycles. The third-order valence-corrected chi connectivity index (χ3v) is 2.50. The van der Waals surface area contributed by atoms with E-state index in [1.165, 1.54) is 6.08 Å². The molecule has 1 amide bonds. The molecule has 0 bridgehead atoms. The Balaban J connectivity index is 2.23. The molecule has 15 heavy (non-hydrogen) atoms. The standard InChI is InChI=1S/C10H15F2NO2/c1-2-9(14)13-7-3-5-8(6-4-7)15-10(11)12/h2,7-8,10H,1,3-6H2,(H,13,14). The van der Waals surface area contributed by atoms with Crippen LogP contribution in [0.1, 0.15) is 25.7 Å². The van der Waals surface area contributed by atoms with Gasteiger partial charge in [0, 0.05) is 6.04 Å². The smallest absolute Gasteiger partial charge is 0.345 e. The average molecular weight is 219 g/mol. The maximum atomic E-state index is 11.9. The minimum absolute atomic E-state index is 0.0630. The normalized spacial score (nSPS) is 26.3. The molecular weight excluding hydrogens is 204 g/mol. The topological polar surface area (TPSA) is 38.3 Å². The van der Waals surface area contributed by atoms with Crippen LogP contribution in [0.4, 0.5) is 8.78 Å². The lowest BCUT2D eigenvalue weighted by atomic mass is 9.93. The number of amides is 1. The molecule has 1 rings (SSSR count). The summed E-state index contributed by atoms with van der Waals surface area (Å²) in [5, 5.41) is 2.74. The summed E-state index contributed by atoms with van der Waals surface area (Å²) in [6.07, 6.45) is 3.32. The summed E-state index contributed by atoms with van der Waals surface area (Å²) in [6.45, 7) is 0.645. The second-order valence-corrected chi connectivity index (χ2v) is 3.58. The number of rotatable bonds is 4. The third kappa shape index (κ3) is 4.38. The fourth-order valence-corrected chi connectivity index (χ4v) is 1.75. The predicted molar refractivity (Wildman–Crippen MR) is 51.5 cm³/mol. The summed E-state index contributed by atoms with van der Waals surface area (Å²) in [6, 6.07) is 0.0630. The molecule has 0 unspecified atom stereocenters. The van der Waals surface area contributed by atoms with Crippen molar-refractivity contribution >= 4 is 5.91 Å². The van der Waals surface area contributed by atoms with Crippen molar-refractivity contribution in [1.82, 2.24) is 5.32 Å². The van der Waals surface area contributed by atoms with Gasteiger partial charge in [-0.05, 0) is 31.8 Å². The molecule has 86 valence electrons. The van der Waals surface area contributed by atoms with E-state index in [-0.39, 0.29) is 18.1 Å². The first kappa shape index (κ1) is 12.1. The molecule has 0 aromatic heterocycles. The van der Waals surface area contributed by atoms with Crippen LogP contribution in [0.15, 0.2) is 12.7 Å². The number of carbonyl (C=O) groups excluding carboxylic acids is 1. The van der Waals surface area contributed by atoms with Crippen molar-refractivity contribution in [1.29, 1.82) is 0 Å². The van der Waals surface area contributed by atoms with E-state index >= 15 is 0 Å². The summed E-state index contributed by atoms with van der Waals surface area (Å²) in [5.74, 6) is -0.215. The van der Waals surface area contributed by atoms with E-state index in [2.05, 4.69) is 16.6 Å². The van der Waals surface area contributed by atoms with Gasteiger partial charge in [0.25, 0.3) is 0 Å². The van der Waals surface area contributed by atoms with Crippen LogP contribution in [0.2, 0.25) is 0 Å². The minimum atomic E-state index is -2.70. The zero-order chi connectivity index (χ0) is 11.3. The molecule has 1 N–H and O–H groups in total. The molecule has 0 aromatic carbocycles. The Morgan fingerprint density at radius 3 is 2.47 bits per heavy atom. The van der Waals surface area contributed by atoms with E-state index in [0.29, 0.717) is 25.7 Å². The first-order valence-electron chi connectivity index (χ1n) is 4.98. The summed E-state index contributed by atoms with van der Waals surface area (Å²) in [4.78, 5) is 11.0. The van der Waals surface area contributed by atoms with Gasteiger partial charge in [0.1, 0.15) is 0 Å². The first-order valence-corrected chi connectivity index (χ1v) is 4.98. The van der Waals surface area contributed by atoms with Gasteiger partial charge in [-0.3, -0.25) is 4.79 Å². The zero-order valence-corrected chi connectivity index (χ0v) is 8.42. The molecule has 5 heteroatoms. The van der Waals surface area contributed by atoms with E-state index < -0.39 is 6.61 Å². The number of halogens is 2. The molecule has 0 spiro atoms. The van der Waals surface area contributed by atoms with Crippen LogP contribution in [-0.4, -0.2) is 24.7 Å². The summed E-state index contributed by atoms with van der Waals surface area (Å²) < 4.78 is 28.2. The molecule has 0 saturated heterocycles. The molecule has 0 atom stereocenters. The van der Waals surface area contributed by atoms with E-state index in [0.717, 1.165) is 0 Å². The van der Waals surface area contributed by atoms with Crippen LogP contribution in [0.3, 0.4) is 0 Å². The van der Waals surface area contributed by atoms with Gasteiger partial charge < -0.3 is 10.1 Å². The largest absolute Gasteiger partial charge is 0.350 e. The van der Waals surface area contributed by atoms with Gasteiger partial charge in [-0.1, -0.05) is 6.58 Å². The zero-order valence-electron chi connectivity index (χ0n) is 8.42.